The Morgan fingerprint density at radius 1 is 0.509 bits per heavy atom. The number of aryl methyl sites for hydroxylation is 2. The van der Waals surface area contributed by atoms with Crippen LogP contribution in [0.3, 0.4) is 0 Å². The second kappa shape index (κ2) is 18.1. The molecule has 2 fully saturated rings. The number of aromatic nitrogens is 6. The van der Waals surface area contributed by atoms with Crippen LogP contribution in [0, 0.1) is 11.8 Å². The van der Waals surface area contributed by atoms with Crippen molar-refractivity contribution >= 4 is 0 Å². The molecule has 0 amide bonds. The Morgan fingerprint density at radius 2 is 0.906 bits per heavy atom. The van der Waals surface area contributed by atoms with Gasteiger partial charge in [-0.2, -0.15) is 0 Å². The van der Waals surface area contributed by atoms with E-state index in [4.69, 9.17) is 9.47 Å². The van der Waals surface area contributed by atoms with E-state index in [9.17, 15) is 40.9 Å². The van der Waals surface area contributed by atoms with Crippen molar-refractivity contribution in [2.24, 2.45) is 11.8 Å². The lowest BCUT2D eigenvalue weighted by atomic mass is 9.87. The summed E-state index contributed by atoms with van der Waals surface area (Å²) in [5, 5.41) is 103. The van der Waals surface area contributed by atoms with Gasteiger partial charge in [-0.25, -0.2) is 9.36 Å². The molecule has 0 bridgehead atoms. The molecule has 8 N–H and O–H groups in total. The van der Waals surface area contributed by atoms with Crippen molar-refractivity contribution in [2.75, 3.05) is 26.4 Å². The third-order valence-electron chi connectivity index (χ3n) is 10.6. The highest BCUT2D eigenvalue weighted by atomic mass is 16.5. The van der Waals surface area contributed by atoms with E-state index in [1.807, 2.05) is 36.4 Å². The van der Waals surface area contributed by atoms with Crippen molar-refractivity contribution in [3.05, 3.63) is 95.6 Å². The van der Waals surface area contributed by atoms with E-state index in [0.717, 1.165) is 19.3 Å². The fraction of sp³-hybridized carbons (Fsp3) is 0.568. The summed E-state index contributed by atoms with van der Waals surface area (Å²) in [6.07, 6.45) is -2.08. The maximum atomic E-state index is 11.4. The Balaban J connectivity index is 1.05. The number of unbranched alkanes of at least 4 members (excludes halogenated alkanes) is 2. The standard InChI is InChI=1S/C37H50N6O10/c44-18-26-32(48)30(34(50)28(20-46)52-36(26)22-10-4-1-5-11-22)42-16-24(38-40-42)14-8-3-9-15-25-17-43(41-39-25)31-33(49)27(19-45)37(23-12-6-2-7-13-23)53-29(21-47)35(31)51/h1-2,4-7,10-13,16-17,26-37,44-51H,3,8-9,14-15,18-21H2/t26-,27-,28+,29+,30+,31+,32-,33-,34+,35+,36-,37-/m0/s1. The van der Waals surface area contributed by atoms with E-state index in [-0.39, 0.29) is 0 Å². The van der Waals surface area contributed by atoms with Crippen molar-refractivity contribution in [1.29, 1.82) is 0 Å². The number of aliphatic hydroxyl groups excluding tert-OH is 8. The first-order valence-electron chi connectivity index (χ1n) is 18.2. The van der Waals surface area contributed by atoms with Crippen molar-refractivity contribution in [2.45, 2.75) is 93.0 Å². The molecule has 2 aliphatic heterocycles. The van der Waals surface area contributed by atoms with Crippen LogP contribution in [0.4, 0.5) is 0 Å². The van der Waals surface area contributed by atoms with Gasteiger partial charge in [-0.1, -0.05) is 77.5 Å². The van der Waals surface area contributed by atoms with Gasteiger partial charge in [-0.3, -0.25) is 0 Å². The van der Waals surface area contributed by atoms with Crippen molar-refractivity contribution in [3.63, 3.8) is 0 Å². The van der Waals surface area contributed by atoms with Crippen molar-refractivity contribution in [1.82, 2.24) is 30.0 Å². The van der Waals surface area contributed by atoms with Crippen LogP contribution >= 0.6 is 0 Å². The Kier molecular flexibility index (Phi) is 13.3. The lowest BCUT2D eigenvalue weighted by Crippen LogP contribution is -2.43. The molecule has 0 unspecified atom stereocenters. The highest BCUT2D eigenvalue weighted by molar-refractivity contribution is 5.21. The number of aliphatic hydroxyl groups is 8. The monoisotopic (exact) mass is 738 g/mol. The molecular weight excluding hydrogens is 688 g/mol. The Bertz CT molecular complexity index is 1560. The summed E-state index contributed by atoms with van der Waals surface area (Å²) in [5.41, 5.74) is 2.70. The van der Waals surface area contributed by atoms with Gasteiger partial charge in [0.25, 0.3) is 0 Å². The first-order valence-corrected chi connectivity index (χ1v) is 18.2. The number of nitrogens with zero attached hydrogens (tertiary/aromatic N) is 6. The molecule has 12 atom stereocenters. The van der Waals surface area contributed by atoms with Crippen LogP contribution in [0.15, 0.2) is 73.1 Å². The van der Waals surface area contributed by atoms with Crippen LogP contribution in [0.5, 0.6) is 0 Å². The first-order chi connectivity index (χ1) is 25.8. The van der Waals surface area contributed by atoms with Gasteiger partial charge >= 0.3 is 0 Å². The summed E-state index contributed by atoms with van der Waals surface area (Å²) in [6, 6.07) is 16.1. The fourth-order valence-electron chi connectivity index (χ4n) is 7.66. The number of ether oxygens (including phenoxy) is 2. The van der Waals surface area contributed by atoms with E-state index in [1.165, 1.54) is 9.36 Å². The van der Waals surface area contributed by atoms with Crippen molar-refractivity contribution < 1.29 is 50.3 Å². The third-order valence-corrected chi connectivity index (χ3v) is 10.6. The third kappa shape index (κ3) is 8.52. The minimum atomic E-state index is -1.33. The van der Waals surface area contributed by atoms with Crippen LogP contribution in [-0.2, 0) is 22.3 Å². The zero-order chi connectivity index (χ0) is 37.5. The molecule has 2 aromatic heterocycles. The summed E-state index contributed by atoms with van der Waals surface area (Å²) < 4.78 is 14.9. The Morgan fingerprint density at radius 3 is 1.26 bits per heavy atom. The van der Waals surface area contributed by atoms with Gasteiger partial charge < -0.3 is 50.3 Å². The van der Waals surface area contributed by atoms with Gasteiger partial charge in [0.2, 0.25) is 0 Å². The molecule has 4 heterocycles. The van der Waals surface area contributed by atoms with E-state index in [0.29, 0.717) is 35.4 Å². The number of rotatable bonds is 14. The molecule has 2 saturated heterocycles. The minimum Gasteiger partial charge on any atom is -0.396 e. The van der Waals surface area contributed by atoms with Gasteiger partial charge in [0.1, 0.15) is 36.5 Å². The minimum absolute atomic E-state index is 0.422. The molecule has 2 aliphatic rings. The molecule has 0 saturated carbocycles. The van der Waals surface area contributed by atoms with Gasteiger partial charge in [0.15, 0.2) is 0 Å². The lowest BCUT2D eigenvalue weighted by Gasteiger charge is -2.30. The summed E-state index contributed by atoms with van der Waals surface area (Å²) >= 11 is 0. The van der Waals surface area contributed by atoms with E-state index in [1.54, 1.807) is 36.7 Å². The topological polar surface area (TPSA) is 242 Å². The highest BCUT2D eigenvalue weighted by Gasteiger charge is 2.48. The fourth-order valence-corrected chi connectivity index (χ4v) is 7.66. The average molecular weight is 739 g/mol. The van der Waals surface area contributed by atoms with Gasteiger partial charge in [-0.05, 0) is 36.8 Å². The van der Waals surface area contributed by atoms with Crippen LogP contribution in [-0.4, -0.2) is 134 Å². The summed E-state index contributed by atoms with van der Waals surface area (Å²) in [6.45, 7) is -1.85. The average Bonchev–Trinajstić information content (AvgIpc) is 3.80. The summed E-state index contributed by atoms with van der Waals surface area (Å²) in [7, 11) is 0. The lowest BCUT2D eigenvalue weighted by molar-refractivity contribution is -0.109. The predicted molar refractivity (Wildman–Crippen MR) is 187 cm³/mol. The predicted octanol–water partition coefficient (Wildman–Crippen LogP) is -0.167. The molecule has 0 aliphatic carbocycles. The molecule has 0 spiro atoms. The summed E-state index contributed by atoms with van der Waals surface area (Å²) in [4.78, 5) is 0. The van der Waals surface area contributed by atoms with E-state index >= 15 is 0 Å². The highest BCUT2D eigenvalue weighted by Crippen LogP contribution is 2.41. The Hall–Kier alpha value is -3.68. The van der Waals surface area contributed by atoms with Crippen LogP contribution in [0.25, 0.3) is 0 Å². The van der Waals surface area contributed by atoms with Crippen LogP contribution < -0.4 is 0 Å². The molecule has 288 valence electrons. The second-order valence-corrected chi connectivity index (χ2v) is 14.0. The number of hydrogen-bond donors (Lipinski definition) is 8. The van der Waals surface area contributed by atoms with Crippen LogP contribution in [0.2, 0.25) is 0 Å². The van der Waals surface area contributed by atoms with Gasteiger partial charge in [0, 0.05) is 24.2 Å². The molecule has 6 rings (SSSR count). The van der Waals surface area contributed by atoms with E-state index < -0.39 is 99.2 Å². The zero-order valence-corrected chi connectivity index (χ0v) is 29.3. The zero-order valence-electron chi connectivity index (χ0n) is 29.3. The quantitative estimate of drug-likeness (QED) is 0.0784. The molecule has 0 radical (unpaired) electrons. The van der Waals surface area contributed by atoms with Gasteiger partial charge in [-0.15, -0.1) is 10.2 Å². The molecular formula is C37H50N6O10. The smallest absolute Gasteiger partial charge is 0.109 e. The number of benzene rings is 2. The molecule has 4 aromatic rings. The largest absolute Gasteiger partial charge is 0.396 e. The summed E-state index contributed by atoms with van der Waals surface area (Å²) in [5.74, 6) is -1.61. The molecule has 16 heteroatoms. The number of hydrogen-bond acceptors (Lipinski definition) is 14. The van der Waals surface area contributed by atoms with Crippen LogP contribution in [0.1, 0.15) is 66.1 Å². The normalized spacial score (nSPS) is 32.3. The maximum absolute atomic E-state index is 11.4. The Labute approximate surface area is 306 Å². The first kappa shape index (κ1) is 39.0. The molecule has 2 aromatic carbocycles. The van der Waals surface area contributed by atoms with Gasteiger partial charge in [0.05, 0.1) is 62.2 Å². The van der Waals surface area contributed by atoms with E-state index in [2.05, 4.69) is 20.6 Å². The molecule has 53 heavy (non-hydrogen) atoms. The maximum Gasteiger partial charge on any atom is 0.109 e. The SMILES string of the molecule is OC[C@H]1[C@H](O)[C@@H](n2cc(CCCCCc3cn([C@@H]4[C@@H](O)[C@H](CO)[C@H](c5ccccc5)O[C@H](CO)[C@H]4O)nn3)nn2)[C@H](O)[C@@H](CO)O[C@H]1c1ccccc1. The molecule has 16 nitrogen and oxygen atoms in total. The van der Waals surface area contributed by atoms with Crippen molar-refractivity contribution in [3.8, 4) is 0 Å². The second-order valence-electron chi connectivity index (χ2n) is 14.0.